The molecular weight excluding hydrogens is 250 g/mol. The molecule has 1 heterocycles. The summed E-state index contributed by atoms with van der Waals surface area (Å²) in [6.07, 6.45) is 0.0234. The van der Waals surface area contributed by atoms with Gasteiger partial charge in [0.15, 0.2) is 0 Å². The van der Waals surface area contributed by atoms with Gasteiger partial charge in [0.2, 0.25) is 0 Å². The lowest BCUT2D eigenvalue weighted by molar-refractivity contribution is -0.136. The van der Waals surface area contributed by atoms with E-state index in [-0.39, 0.29) is 12.3 Å². The van der Waals surface area contributed by atoms with Crippen LogP contribution in [0.5, 0.6) is 0 Å². The molecule has 94 valence electrons. The second-order valence-electron chi connectivity index (χ2n) is 4.62. The van der Waals surface area contributed by atoms with E-state index in [1.54, 1.807) is 6.07 Å². The first-order valence-corrected chi connectivity index (χ1v) is 6.16. The van der Waals surface area contributed by atoms with Gasteiger partial charge in [0, 0.05) is 5.39 Å². The van der Waals surface area contributed by atoms with Gasteiger partial charge in [-0.15, -0.1) is 0 Å². The summed E-state index contributed by atoms with van der Waals surface area (Å²) in [5.74, 6) is -0.544. The predicted octanol–water partition coefficient (Wildman–Crippen LogP) is 3.64. The van der Waals surface area contributed by atoms with Crippen molar-refractivity contribution in [3.8, 4) is 0 Å². The summed E-state index contributed by atoms with van der Waals surface area (Å²) in [7, 11) is 0. The fourth-order valence-corrected chi connectivity index (χ4v) is 2.27. The first-order valence-electron chi connectivity index (χ1n) is 5.78. The van der Waals surface area contributed by atoms with Crippen LogP contribution < -0.4 is 0 Å². The van der Waals surface area contributed by atoms with E-state index >= 15 is 0 Å². The van der Waals surface area contributed by atoms with Crippen LogP contribution in [0.2, 0.25) is 5.15 Å². The highest BCUT2D eigenvalue weighted by Gasteiger charge is 2.09. The number of rotatable bonds is 3. The Morgan fingerprint density at radius 1 is 1.39 bits per heavy atom. The third-order valence-electron chi connectivity index (χ3n) is 2.84. The summed E-state index contributed by atoms with van der Waals surface area (Å²) >= 11 is 6.12. The van der Waals surface area contributed by atoms with Crippen molar-refractivity contribution in [1.29, 1.82) is 0 Å². The zero-order chi connectivity index (χ0) is 13.3. The van der Waals surface area contributed by atoms with E-state index in [0.29, 0.717) is 5.15 Å². The zero-order valence-electron chi connectivity index (χ0n) is 10.3. The van der Waals surface area contributed by atoms with Gasteiger partial charge in [0.05, 0.1) is 11.9 Å². The summed E-state index contributed by atoms with van der Waals surface area (Å²) in [4.78, 5) is 15.0. The topological polar surface area (TPSA) is 50.2 Å². The van der Waals surface area contributed by atoms with Crippen molar-refractivity contribution in [2.75, 3.05) is 0 Å². The molecule has 1 aromatic heterocycles. The smallest absolute Gasteiger partial charge is 0.307 e. The minimum Gasteiger partial charge on any atom is -0.481 e. The fourth-order valence-electron chi connectivity index (χ4n) is 1.91. The number of halogens is 1. The van der Waals surface area contributed by atoms with E-state index in [4.69, 9.17) is 16.7 Å². The third-order valence-corrected chi connectivity index (χ3v) is 3.14. The van der Waals surface area contributed by atoms with Crippen LogP contribution in [0.4, 0.5) is 0 Å². The van der Waals surface area contributed by atoms with Gasteiger partial charge in [0.1, 0.15) is 5.15 Å². The highest BCUT2D eigenvalue weighted by Crippen LogP contribution is 2.27. The Kier molecular flexibility index (Phi) is 3.53. The van der Waals surface area contributed by atoms with Crippen LogP contribution in [0.3, 0.4) is 0 Å². The first kappa shape index (κ1) is 12.8. The lowest BCUT2D eigenvalue weighted by Gasteiger charge is -2.09. The number of hydrogen-bond donors (Lipinski definition) is 1. The number of pyridine rings is 1. The largest absolute Gasteiger partial charge is 0.481 e. The molecule has 0 spiro atoms. The number of carbonyl (C=O) groups is 1. The van der Waals surface area contributed by atoms with Crippen LogP contribution in [-0.4, -0.2) is 16.1 Å². The maximum absolute atomic E-state index is 10.7. The molecule has 0 aliphatic carbocycles. The molecule has 1 N–H and O–H groups in total. The van der Waals surface area contributed by atoms with Crippen molar-refractivity contribution in [2.45, 2.75) is 26.2 Å². The number of fused-ring (bicyclic) bond motifs is 1. The van der Waals surface area contributed by atoms with Gasteiger partial charge in [-0.1, -0.05) is 31.5 Å². The summed E-state index contributed by atoms with van der Waals surface area (Å²) in [5.41, 5.74) is 2.55. The predicted molar refractivity (Wildman–Crippen MR) is 72.2 cm³/mol. The number of benzene rings is 1. The lowest BCUT2D eigenvalue weighted by atomic mass is 10.0. The van der Waals surface area contributed by atoms with Gasteiger partial charge >= 0.3 is 5.97 Å². The van der Waals surface area contributed by atoms with Gasteiger partial charge in [0.25, 0.3) is 0 Å². The van der Waals surface area contributed by atoms with Crippen molar-refractivity contribution in [3.05, 3.63) is 40.5 Å². The second-order valence-corrected chi connectivity index (χ2v) is 4.98. The monoisotopic (exact) mass is 263 g/mol. The van der Waals surface area contributed by atoms with Crippen molar-refractivity contribution < 1.29 is 9.90 Å². The molecule has 0 fully saturated rings. The molecule has 1 aromatic carbocycles. The van der Waals surface area contributed by atoms with E-state index in [0.717, 1.165) is 22.0 Å². The number of carboxylic acids is 1. The molecule has 3 nitrogen and oxygen atoms in total. The molecule has 0 saturated heterocycles. The second kappa shape index (κ2) is 4.94. The lowest BCUT2D eigenvalue weighted by Crippen LogP contribution is -2.00. The van der Waals surface area contributed by atoms with Gasteiger partial charge in [-0.3, -0.25) is 4.79 Å². The number of aliphatic carboxylic acids is 1. The summed E-state index contributed by atoms with van der Waals surface area (Å²) < 4.78 is 0. The molecular formula is C14H14ClNO2. The molecule has 0 aliphatic rings. The van der Waals surface area contributed by atoms with Crippen LogP contribution in [0, 0.1) is 0 Å². The van der Waals surface area contributed by atoms with Crippen LogP contribution in [-0.2, 0) is 11.2 Å². The molecule has 4 heteroatoms. The van der Waals surface area contributed by atoms with Crippen LogP contribution in [0.25, 0.3) is 10.9 Å². The molecule has 0 aliphatic heterocycles. The summed E-state index contributed by atoms with van der Waals surface area (Å²) in [5, 5.41) is 10.2. The Morgan fingerprint density at radius 2 is 2.11 bits per heavy atom. The quantitative estimate of drug-likeness (QED) is 0.860. The number of carboxylic acid groups (broad SMARTS) is 1. The summed E-state index contributed by atoms with van der Waals surface area (Å²) in [6, 6.07) is 7.43. The zero-order valence-corrected chi connectivity index (χ0v) is 11.0. The van der Waals surface area contributed by atoms with Crippen molar-refractivity contribution >= 4 is 28.5 Å². The molecule has 18 heavy (non-hydrogen) atoms. The van der Waals surface area contributed by atoms with Crippen LogP contribution in [0.15, 0.2) is 24.3 Å². The number of nitrogens with zero attached hydrogens (tertiary/aromatic N) is 1. The van der Waals surface area contributed by atoms with Gasteiger partial charge in [-0.2, -0.15) is 0 Å². The number of aromatic nitrogens is 1. The van der Waals surface area contributed by atoms with Crippen molar-refractivity contribution in [2.24, 2.45) is 0 Å². The van der Waals surface area contributed by atoms with Crippen LogP contribution in [0.1, 0.15) is 30.9 Å². The van der Waals surface area contributed by atoms with Crippen molar-refractivity contribution in [1.82, 2.24) is 4.98 Å². The minimum absolute atomic E-state index is 0.0234. The third kappa shape index (κ3) is 2.62. The Bertz CT molecular complexity index is 608. The maximum Gasteiger partial charge on any atom is 0.307 e. The highest BCUT2D eigenvalue weighted by atomic mass is 35.5. The van der Waals surface area contributed by atoms with Crippen molar-refractivity contribution in [3.63, 3.8) is 0 Å². The first-order chi connectivity index (χ1) is 8.47. The van der Waals surface area contributed by atoms with E-state index in [2.05, 4.69) is 18.8 Å². The van der Waals surface area contributed by atoms with E-state index in [1.165, 1.54) is 0 Å². The van der Waals surface area contributed by atoms with Gasteiger partial charge < -0.3 is 5.11 Å². The van der Waals surface area contributed by atoms with Crippen LogP contribution >= 0.6 is 11.6 Å². The molecule has 0 bridgehead atoms. The maximum atomic E-state index is 10.7. The fraction of sp³-hybridized carbons (Fsp3) is 0.286. The standard InChI is InChI=1S/C14H14ClNO2/c1-8(2)11-7-10-5-9(6-13(17)18)3-4-12(10)16-14(11)15/h3-5,7-8H,6H2,1-2H3,(H,17,18). The average molecular weight is 264 g/mol. The highest BCUT2D eigenvalue weighted by molar-refractivity contribution is 6.30. The Morgan fingerprint density at radius 3 is 2.72 bits per heavy atom. The SMILES string of the molecule is CC(C)c1cc2cc(CC(=O)O)ccc2nc1Cl. The minimum atomic E-state index is -0.833. The molecule has 2 aromatic rings. The van der Waals surface area contributed by atoms with Gasteiger partial charge in [-0.05, 0) is 35.2 Å². The average Bonchev–Trinajstić information content (AvgIpc) is 2.27. The Labute approximate surface area is 110 Å². The number of hydrogen-bond acceptors (Lipinski definition) is 2. The Balaban J connectivity index is 2.54. The van der Waals surface area contributed by atoms with E-state index in [9.17, 15) is 4.79 Å². The Hall–Kier alpha value is -1.61. The molecule has 0 unspecified atom stereocenters. The van der Waals surface area contributed by atoms with E-state index < -0.39 is 5.97 Å². The summed E-state index contributed by atoms with van der Waals surface area (Å²) in [6.45, 7) is 4.10. The molecule has 0 atom stereocenters. The normalized spacial score (nSPS) is 11.1. The molecule has 0 radical (unpaired) electrons. The molecule has 0 saturated carbocycles. The van der Waals surface area contributed by atoms with Gasteiger partial charge in [-0.25, -0.2) is 4.98 Å². The van der Waals surface area contributed by atoms with E-state index in [1.807, 2.05) is 18.2 Å². The molecule has 2 rings (SSSR count). The molecule has 0 amide bonds.